The number of aromatic carboxylic acids is 1. The van der Waals surface area contributed by atoms with Gasteiger partial charge in [-0.25, -0.2) is 18.2 Å². The molecule has 2 aromatic heterocycles. The third kappa shape index (κ3) is 2.67. The van der Waals surface area contributed by atoms with E-state index in [4.69, 9.17) is 9.52 Å². The summed E-state index contributed by atoms with van der Waals surface area (Å²) in [6, 6.07) is 3.29. The molecule has 9 heteroatoms. The summed E-state index contributed by atoms with van der Waals surface area (Å²) >= 11 is 1.19. The third-order valence-electron chi connectivity index (χ3n) is 3.71. The van der Waals surface area contributed by atoms with Crippen molar-refractivity contribution in [2.45, 2.75) is 23.0 Å². The van der Waals surface area contributed by atoms with Crippen LogP contribution in [0.3, 0.4) is 0 Å². The zero-order chi connectivity index (χ0) is 15.7. The third-order valence-corrected chi connectivity index (χ3v) is 6.98. The maximum absolute atomic E-state index is 12.4. The highest BCUT2D eigenvalue weighted by molar-refractivity contribution is 7.91. The van der Waals surface area contributed by atoms with E-state index in [1.54, 1.807) is 17.5 Å². The largest absolute Gasteiger partial charge is 0.476 e. The zero-order valence-corrected chi connectivity index (χ0v) is 13.1. The van der Waals surface area contributed by atoms with E-state index in [9.17, 15) is 13.2 Å². The van der Waals surface area contributed by atoms with Gasteiger partial charge >= 0.3 is 5.97 Å². The standard InChI is InChI=1S/C13H14N2O5S2/c16-13(17)11-12(20-8-14-11)9-3-5-15(6-4-9)22(18,19)10-2-1-7-21-10/h1-2,7-9H,3-6H2,(H,16,17). The summed E-state index contributed by atoms with van der Waals surface area (Å²) < 4.78 is 31.8. The van der Waals surface area contributed by atoms with Gasteiger partial charge in [0.1, 0.15) is 9.97 Å². The molecular weight excluding hydrogens is 328 g/mol. The molecule has 7 nitrogen and oxygen atoms in total. The SMILES string of the molecule is O=C(O)c1ncoc1C1CCN(S(=O)(=O)c2cccs2)CC1. The smallest absolute Gasteiger partial charge is 0.358 e. The lowest BCUT2D eigenvalue weighted by molar-refractivity contribution is 0.0687. The molecule has 22 heavy (non-hydrogen) atoms. The molecule has 0 aromatic carbocycles. The van der Waals surface area contributed by atoms with E-state index in [1.807, 2.05) is 0 Å². The van der Waals surface area contributed by atoms with Gasteiger partial charge in [0.25, 0.3) is 10.0 Å². The first-order chi connectivity index (χ1) is 10.5. The normalized spacial score (nSPS) is 17.6. The molecular formula is C13H14N2O5S2. The summed E-state index contributed by atoms with van der Waals surface area (Å²) in [5, 5.41) is 10.8. The van der Waals surface area contributed by atoms with E-state index < -0.39 is 16.0 Å². The molecule has 2 aromatic rings. The van der Waals surface area contributed by atoms with Crippen LogP contribution in [0.15, 0.2) is 32.5 Å². The first-order valence-electron chi connectivity index (χ1n) is 6.70. The molecule has 0 amide bonds. The molecule has 3 rings (SSSR count). The van der Waals surface area contributed by atoms with E-state index >= 15 is 0 Å². The van der Waals surface area contributed by atoms with Crippen molar-refractivity contribution < 1.29 is 22.7 Å². The van der Waals surface area contributed by atoms with Crippen LogP contribution in [0.25, 0.3) is 0 Å². The van der Waals surface area contributed by atoms with Crippen LogP contribution >= 0.6 is 11.3 Å². The van der Waals surface area contributed by atoms with Crippen molar-refractivity contribution in [3.63, 3.8) is 0 Å². The van der Waals surface area contributed by atoms with Gasteiger partial charge in [-0.2, -0.15) is 4.31 Å². The molecule has 0 atom stereocenters. The van der Waals surface area contributed by atoms with Crippen LogP contribution in [0.4, 0.5) is 0 Å². The lowest BCUT2D eigenvalue weighted by Gasteiger charge is -2.29. The molecule has 0 unspecified atom stereocenters. The number of hydrogen-bond donors (Lipinski definition) is 1. The number of aromatic nitrogens is 1. The highest BCUT2D eigenvalue weighted by Gasteiger charge is 2.33. The summed E-state index contributed by atoms with van der Waals surface area (Å²) in [6.07, 6.45) is 2.15. The van der Waals surface area contributed by atoms with Crippen LogP contribution in [0.5, 0.6) is 0 Å². The molecule has 0 saturated carbocycles. The Kier molecular flexibility index (Phi) is 4.02. The van der Waals surface area contributed by atoms with Gasteiger partial charge in [-0.1, -0.05) is 6.07 Å². The lowest BCUT2D eigenvalue weighted by Crippen LogP contribution is -2.37. The van der Waals surface area contributed by atoms with Gasteiger partial charge in [-0.05, 0) is 24.3 Å². The predicted molar refractivity (Wildman–Crippen MR) is 78.5 cm³/mol. The van der Waals surface area contributed by atoms with E-state index in [0.29, 0.717) is 35.9 Å². The van der Waals surface area contributed by atoms with E-state index in [2.05, 4.69) is 4.98 Å². The molecule has 1 saturated heterocycles. The summed E-state index contributed by atoms with van der Waals surface area (Å²) in [5.41, 5.74) is -0.0837. The van der Waals surface area contributed by atoms with E-state index in [1.165, 1.54) is 15.6 Å². The van der Waals surface area contributed by atoms with Crippen molar-refractivity contribution in [1.29, 1.82) is 0 Å². The number of carbonyl (C=O) groups is 1. The van der Waals surface area contributed by atoms with E-state index in [-0.39, 0.29) is 11.6 Å². The minimum Gasteiger partial charge on any atom is -0.476 e. The fourth-order valence-corrected chi connectivity index (χ4v) is 5.22. The second-order valence-electron chi connectivity index (χ2n) is 4.98. The summed E-state index contributed by atoms with van der Waals surface area (Å²) in [6.45, 7) is 0.676. The first kappa shape index (κ1) is 15.2. The number of carboxylic acids is 1. The van der Waals surface area contributed by atoms with Gasteiger partial charge in [0, 0.05) is 19.0 Å². The number of rotatable bonds is 4. The van der Waals surface area contributed by atoms with Crippen molar-refractivity contribution >= 4 is 27.3 Å². The number of nitrogens with zero attached hydrogens (tertiary/aromatic N) is 2. The van der Waals surface area contributed by atoms with Crippen LogP contribution in [-0.2, 0) is 10.0 Å². The van der Waals surface area contributed by atoms with Crippen molar-refractivity contribution in [2.75, 3.05) is 13.1 Å². The Balaban J connectivity index is 1.73. The first-order valence-corrected chi connectivity index (χ1v) is 9.02. The van der Waals surface area contributed by atoms with Gasteiger partial charge in [0.15, 0.2) is 12.1 Å². The summed E-state index contributed by atoms with van der Waals surface area (Å²) in [7, 11) is -3.45. The Labute approximate surface area is 131 Å². The molecule has 3 heterocycles. The molecule has 0 bridgehead atoms. The lowest BCUT2D eigenvalue weighted by atomic mass is 9.94. The zero-order valence-electron chi connectivity index (χ0n) is 11.5. The quantitative estimate of drug-likeness (QED) is 0.912. The maximum atomic E-state index is 12.4. The average Bonchev–Trinajstić information content (AvgIpc) is 3.19. The number of sulfonamides is 1. The number of thiophene rings is 1. The predicted octanol–water partition coefficient (Wildman–Crippen LogP) is 2.00. The summed E-state index contributed by atoms with van der Waals surface area (Å²) in [5.74, 6) is -0.915. The van der Waals surface area contributed by atoms with Crippen LogP contribution < -0.4 is 0 Å². The van der Waals surface area contributed by atoms with E-state index in [0.717, 1.165) is 6.39 Å². The minimum atomic E-state index is -3.45. The fraction of sp³-hybridized carbons (Fsp3) is 0.385. The van der Waals surface area contributed by atoms with Gasteiger partial charge in [0.2, 0.25) is 0 Å². The molecule has 0 spiro atoms. The Bertz CT molecular complexity index is 758. The molecule has 1 aliphatic rings. The van der Waals surface area contributed by atoms with Gasteiger partial charge in [-0.15, -0.1) is 11.3 Å². The Morgan fingerprint density at radius 1 is 1.41 bits per heavy atom. The van der Waals surface area contributed by atoms with Gasteiger partial charge in [-0.3, -0.25) is 0 Å². The highest BCUT2D eigenvalue weighted by Crippen LogP contribution is 2.33. The van der Waals surface area contributed by atoms with Crippen molar-refractivity contribution in [1.82, 2.24) is 9.29 Å². The molecule has 0 aliphatic carbocycles. The Morgan fingerprint density at radius 2 is 2.14 bits per heavy atom. The second kappa shape index (κ2) is 5.82. The fourth-order valence-electron chi connectivity index (χ4n) is 2.60. The molecule has 1 aliphatic heterocycles. The molecule has 1 fully saturated rings. The number of piperidine rings is 1. The monoisotopic (exact) mass is 342 g/mol. The van der Waals surface area contributed by atoms with Crippen LogP contribution in [0.2, 0.25) is 0 Å². The number of carboxylic acid groups (broad SMARTS) is 1. The van der Waals surface area contributed by atoms with Crippen molar-refractivity contribution in [3.8, 4) is 0 Å². The van der Waals surface area contributed by atoms with Crippen molar-refractivity contribution in [2.24, 2.45) is 0 Å². The number of hydrogen-bond acceptors (Lipinski definition) is 6. The second-order valence-corrected chi connectivity index (χ2v) is 8.09. The van der Waals surface area contributed by atoms with Crippen molar-refractivity contribution in [3.05, 3.63) is 35.4 Å². The van der Waals surface area contributed by atoms with Gasteiger partial charge in [0.05, 0.1) is 0 Å². The minimum absolute atomic E-state index is 0.0837. The van der Waals surface area contributed by atoms with Crippen LogP contribution in [-0.4, -0.2) is 41.9 Å². The Morgan fingerprint density at radius 3 is 2.73 bits per heavy atom. The number of oxazole rings is 1. The molecule has 1 N–H and O–H groups in total. The highest BCUT2D eigenvalue weighted by atomic mass is 32.2. The van der Waals surface area contributed by atoms with Crippen LogP contribution in [0.1, 0.15) is 35.0 Å². The topological polar surface area (TPSA) is 101 Å². The maximum Gasteiger partial charge on any atom is 0.358 e. The van der Waals surface area contributed by atoms with Crippen LogP contribution in [0, 0.1) is 0 Å². The molecule has 0 radical (unpaired) electrons. The average molecular weight is 342 g/mol. The molecule has 118 valence electrons. The Hall–Kier alpha value is -1.71. The summed E-state index contributed by atoms with van der Waals surface area (Å²) in [4.78, 5) is 14.8. The van der Waals surface area contributed by atoms with Gasteiger partial charge < -0.3 is 9.52 Å².